The molecule has 0 radical (unpaired) electrons. The van der Waals surface area contributed by atoms with Crippen LogP contribution in [0.3, 0.4) is 0 Å². The lowest BCUT2D eigenvalue weighted by Crippen LogP contribution is -2.21. The van der Waals surface area contributed by atoms with E-state index in [1.807, 2.05) is 4.90 Å². The van der Waals surface area contributed by atoms with Crippen molar-refractivity contribution >= 4 is 5.91 Å². The van der Waals surface area contributed by atoms with Crippen LogP contribution < -0.4 is 5.73 Å². The molecule has 0 aliphatic carbocycles. The van der Waals surface area contributed by atoms with E-state index in [0.717, 1.165) is 6.54 Å². The predicted molar refractivity (Wildman–Crippen MR) is 44.3 cm³/mol. The fraction of sp³-hybridized carbons (Fsp3) is 0.625. The summed E-state index contributed by atoms with van der Waals surface area (Å²) in [6.45, 7) is 1.86. The molecule has 1 heterocycles. The molecule has 1 atom stereocenters. The molecule has 0 bridgehead atoms. The molecule has 2 N–H and O–H groups in total. The van der Waals surface area contributed by atoms with Gasteiger partial charge in [-0.15, -0.1) is 0 Å². The van der Waals surface area contributed by atoms with Crippen LogP contribution in [0.5, 0.6) is 0 Å². The summed E-state index contributed by atoms with van der Waals surface area (Å²) in [5, 5.41) is 0. The Labute approximate surface area is 71.0 Å². The van der Waals surface area contributed by atoms with Gasteiger partial charge in [-0.25, -0.2) is 4.39 Å². The molecule has 68 valence electrons. The molecule has 1 aliphatic heterocycles. The van der Waals surface area contributed by atoms with Crippen LogP contribution in [-0.2, 0) is 4.79 Å². The number of likely N-dealkylation sites (tertiary alicyclic amines) is 1. The van der Waals surface area contributed by atoms with Crippen LogP contribution in [0.4, 0.5) is 4.39 Å². The smallest absolute Gasteiger partial charge is 0.241 e. The fourth-order valence-electron chi connectivity index (χ4n) is 1.27. The first-order chi connectivity index (χ1) is 5.68. The lowest BCUT2D eigenvalue weighted by molar-refractivity contribution is -0.113. The fourth-order valence-corrected chi connectivity index (χ4v) is 1.27. The quantitative estimate of drug-likeness (QED) is 0.612. The number of nitrogens with two attached hydrogens (primary N) is 1. The van der Waals surface area contributed by atoms with Gasteiger partial charge in [0.2, 0.25) is 5.91 Å². The highest BCUT2D eigenvalue weighted by Crippen LogP contribution is 2.11. The van der Waals surface area contributed by atoms with Crippen LogP contribution in [0.25, 0.3) is 0 Å². The number of halogens is 1. The van der Waals surface area contributed by atoms with E-state index in [0.29, 0.717) is 19.5 Å². The van der Waals surface area contributed by atoms with E-state index in [1.165, 1.54) is 6.08 Å². The van der Waals surface area contributed by atoms with Crippen molar-refractivity contribution in [2.45, 2.75) is 12.6 Å². The second kappa shape index (κ2) is 4.21. The second-order valence-electron chi connectivity index (χ2n) is 2.95. The third-order valence-electron chi connectivity index (χ3n) is 1.86. The number of alkyl halides is 1. The molecule has 3 nitrogen and oxygen atoms in total. The monoisotopic (exact) mass is 172 g/mol. The van der Waals surface area contributed by atoms with E-state index >= 15 is 0 Å². The molecule has 0 saturated carbocycles. The highest BCUT2D eigenvalue weighted by Gasteiger charge is 2.19. The van der Waals surface area contributed by atoms with Crippen molar-refractivity contribution in [1.29, 1.82) is 0 Å². The lowest BCUT2D eigenvalue weighted by Gasteiger charge is -2.10. The molecule has 1 aliphatic rings. The first-order valence-electron chi connectivity index (χ1n) is 4.01. The Hall–Kier alpha value is -0.900. The number of primary amides is 1. The molecular weight excluding hydrogens is 159 g/mol. The minimum Gasteiger partial charge on any atom is -0.366 e. The number of carbonyl (C=O) groups excluding carboxylic acids is 1. The average molecular weight is 172 g/mol. The minimum absolute atomic E-state index is 0.453. The molecular formula is C8H13FN2O. The van der Waals surface area contributed by atoms with Gasteiger partial charge in [-0.05, 0) is 12.5 Å². The molecule has 0 aromatic carbocycles. The van der Waals surface area contributed by atoms with Crippen molar-refractivity contribution in [2.24, 2.45) is 5.73 Å². The SMILES string of the molecule is NC(=O)C=CCN1CC[C@@H](F)C1. The third kappa shape index (κ3) is 3.00. The van der Waals surface area contributed by atoms with Gasteiger partial charge < -0.3 is 5.73 Å². The van der Waals surface area contributed by atoms with Crippen LogP contribution in [0.15, 0.2) is 12.2 Å². The minimum atomic E-state index is -0.702. The van der Waals surface area contributed by atoms with Gasteiger partial charge in [0.25, 0.3) is 0 Å². The molecule has 4 heteroatoms. The summed E-state index contributed by atoms with van der Waals surface area (Å²) in [5.41, 5.74) is 4.89. The highest BCUT2D eigenvalue weighted by atomic mass is 19.1. The van der Waals surface area contributed by atoms with Gasteiger partial charge in [0, 0.05) is 19.6 Å². The van der Waals surface area contributed by atoms with Crippen molar-refractivity contribution in [3.63, 3.8) is 0 Å². The Morgan fingerprint density at radius 1 is 1.75 bits per heavy atom. The topological polar surface area (TPSA) is 46.3 Å². The van der Waals surface area contributed by atoms with E-state index < -0.39 is 12.1 Å². The Balaban J connectivity index is 2.20. The molecule has 1 saturated heterocycles. The van der Waals surface area contributed by atoms with E-state index in [9.17, 15) is 9.18 Å². The molecule has 1 rings (SSSR count). The number of amides is 1. The maximum absolute atomic E-state index is 12.6. The van der Waals surface area contributed by atoms with Gasteiger partial charge in [-0.1, -0.05) is 6.08 Å². The standard InChI is InChI=1S/C8H13FN2O/c9-7-3-5-11(6-7)4-1-2-8(10)12/h1-2,7H,3-6H2,(H2,10,12)/t7-/m1/s1. The van der Waals surface area contributed by atoms with Crippen molar-refractivity contribution in [2.75, 3.05) is 19.6 Å². The summed E-state index contributed by atoms with van der Waals surface area (Å²) < 4.78 is 12.6. The first kappa shape index (κ1) is 9.19. The van der Waals surface area contributed by atoms with Crippen LogP contribution in [0.2, 0.25) is 0 Å². The van der Waals surface area contributed by atoms with Gasteiger partial charge >= 0.3 is 0 Å². The lowest BCUT2D eigenvalue weighted by atomic mass is 10.3. The number of hydrogen-bond donors (Lipinski definition) is 1. The maximum atomic E-state index is 12.6. The maximum Gasteiger partial charge on any atom is 0.241 e. The highest BCUT2D eigenvalue weighted by molar-refractivity contribution is 5.85. The molecule has 0 aromatic rings. The van der Waals surface area contributed by atoms with Crippen molar-refractivity contribution in [3.05, 3.63) is 12.2 Å². The molecule has 0 unspecified atom stereocenters. The largest absolute Gasteiger partial charge is 0.366 e. The normalized spacial score (nSPS) is 25.2. The number of carbonyl (C=O) groups is 1. The first-order valence-corrected chi connectivity index (χ1v) is 4.01. The zero-order chi connectivity index (χ0) is 8.97. The number of rotatable bonds is 3. The number of nitrogens with zero attached hydrogens (tertiary/aromatic N) is 1. The Bertz CT molecular complexity index is 193. The van der Waals surface area contributed by atoms with Gasteiger partial charge in [-0.3, -0.25) is 9.69 Å². The Morgan fingerprint density at radius 3 is 3.00 bits per heavy atom. The molecule has 0 spiro atoms. The van der Waals surface area contributed by atoms with Crippen molar-refractivity contribution in [1.82, 2.24) is 4.90 Å². The van der Waals surface area contributed by atoms with Crippen LogP contribution >= 0.6 is 0 Å². The molecule has 1 fully saturated rings. The Kier molecular flexibility index (Phi) is 3.22. The summed E-state index contributed by atoms with van der Waals surface area (Å²) in [6, 6.07) is 0. The van der Waals surface area contributed by atoms with Gasteiger partial charge in [0.1, 0.15) is 6.17 Å². The van der Waals surface area contributed by atoms with E-state index in [1.54, 1.807) is 6.08 Å². The van der Waals surface area contributed by atoms with Gasteiger partial charge in [-0.2, -0.15) is 0 Å². The van der Waals surface area contributed by atoms with Crippen LogP contribution in [-0.4, -0.2) is 36.6 Å². The predicted octanol–water partition coefficient (Wildman–Crippen LogP) is 0.0717. The summed E-state index contributed by atoms with van der Waals surface area (Å²) in [6.07, 6.45) is 2.88. The third-order valence-corrected chi connectivity index (χ3v) is 1.86. The zero-order valence-electron chi connectivity index (χ0n) is 6.87. The molecule has 0 aromatic heterocycles. The molecule has 12 heavy (non-hydrogen) atoms. The van der Waals surface area contributed by atoms with Crippen molar-refractivity contribution in [3.8, 4) is 0 Å². The van der Waals surface area contributed by atoms with Crippen molar-refractivity contribution < 1.29 is 9.18 Å². The summed E-state index contributed by atoms with van der Waals surface area (Å²) >= 11 is 0. The number of hydrogen-bond acceptors (Lipinski definition) is 2. The van der Waals surface area contributed by atoms with E-state index in [2.05, 4.69) is 0 Å². The van der Waals surface area contributed by atoms with Crippen LogP contribution in [0.1, 0.15) is 6.42 Å². The van der Waals surface area contributed by atoms with Gasteiger partial charge in [0.05, 0.1) is 0 Å². The summed E-state index contributed by atoms with van der Waals surface area (Å²) in [5.74, 6) is -0.453. The average Bonchev–Trinajstić information content (AvgIpc) is 2.35. The second-order valence-corrected chi connectivity index (χ2v) is 2.95. The van der Waals surface area contributed by atoms with Crippen LogP contribution in [0, 0.1) is 0 Å². The zero-order valence-corrected chi connectivity index (χ0v) is 6.87. The van der Waals surface area contributed by atoms with E-state index in [4.69, 9.17) is 5.73 Å². The summed E-state index contributed by atoms with van der Waals surface area (Å²) in [7, 11) is 0. The van der Waals surface area contributed by atoms with Gasteiger partial charge in [0.15, 0.2) is 0 Å². The Morgan fingerprint density at radius 2 is 2.50 bits per heavy atom. The molecule has 1 amide bonds. The van der Waals surface area contributed by atoms with E-state index in [-0.39, 0.29) is 0 Å². The summed E-state index contributed by atoms with van der Waals surface area (Å²) in [4.78, 5) is 12.2.